The van der Waals surface area contributed by atoms with E-state index in [0.717, 1.165) is 0 Å². The van der Waals surface area contributed by atoms with Crippen molar-refractivity contribution in [2.75, 3.05) is 0 Å². The predicted octanol–water partition coefficient (Wildman–Crippen LogP) is 0.866. The number of carboxylic acid groups (broad SMARTS) is 1. The predicted molar refractivity (Wildman–Crippen MR) is 56.4 cm³/mol. The van der Waals surface area contributed by atoms with Crippen LogP contribution in [0.1, 0.15) is 18.4 Å². The molecule has 1 aromatic rings. The van der Waals surface area contributed by atoms with E-state index >= 15 is 0 Å². The zero-order chi connectivity index (χ0) is 12.1. The van der Waals surface area contributed by atoms with Gasteiger partial charge in [0.2, 0.25) is 0 Å². The van der Waals surface area contributed by atoms with E-state index in [9.17, 15) is 20.1 Å². The lowest BCUT2D eigenvalue weighted by Crippen LogP contribution is -2.12. The fourth-order valence-corrected chi connectivity index (χ4v) is 1.44. The van der Waals surface area contributed by atoms with Gasteiger partial charge in [0.1, 0.15) is 11.5 Å². The van der Waals surface area contributed by atoms with E-state index in [1.54, 1.807) is 0 Å². The lowest BCUT2D eigenvalue weighted by atomic mass is 10.0. The number of aliphatic hydroxyl groups excluding tert-OH is 1. The number of carbonyl (C=O) groups is 1. The SMILES string of the molecule is O=C(O)CCC(O)Cc1cc(O)cc(O)c1. The minimum atomic E-state index is -0.960. The van der Waals surface area contributed by atoms with E-state index in [1.165, 1.54) is 18.2 Å². The van der Waals surface area contributed by atoms with Crippen LogP contribution in [0.3, 0.4) is 0 Å². The van der Waals surface area contributed by atoms with Crippen molar-refractivity contribution in [1.82, 2.24) is 0 Å². The van der Waals surface area contributed by atoms with Crippen LogP contribution in [0, 0.1) is 0 Å². The molecule has 0 bridgehead atoms. The Kier molecular flexibility index (Phi) is 4.13. The van der Waals surface area contributed by atoms with Crippen LogP contribution in [-0.4, -0.2) is 32.5 Å². The Morgan fingerprint density at radius 2 is 1.75 bits per heavy atom. The molecule has 0 heterocycles. The topological polar surface area (TPSA) is 98.0 Å². The summed E-state index contributed by atoms with van der Waals surface area (Å²) in [5.74, 6) is -1.13. The molecular weight excluding hydrogens is 212 g/mol. The highest BCUT2D eigenvalue weighted by atomic mass is 16.4. The van der Waals surface area contributed by atoms with Crippen molar-refractivity contribution >= 4 is 5.97 Å². The van der Waals surface area contributed by atoms with E-state index < -0.39 is 12.1 Å². The standard InChI is InChI=1S/C11H14O5/c12-8(1-2-11(15)16)3-7-4-9(13)6-10(14)5-7/h4-6,8,12-14H,1-3H2,(H,15,16). The fourth-order valence-electron chi connectivity index (χ4n) is 1.44. The van der Waals surface area contributed by atoms with Crippen molar-refractivity contribution in [1.29, 1.82) is 0 Å². The molecule has 5 nitrogen and oxygen atoms in total. The van der Waals surface area contributed by atoms with Crippen LogP contribution < -0.4 is 0 Å². The molecule has 5 heteroatoms. The van der Waals surface area contributed by atoms with E-state index in [1.807, 2.05) is 0 Å². The largest absolute Gasteiger partial charge is 0.508 e. The van der Waals surface area contributed by atoms with Crippen LogP contribution in [0.5, 0.6) is 11.5 Å². The summed E-state index contributed by atoms with van der Waals surface area (Å²) < 4.78 is 0. The number of hydrogen-bond donors (Lipinski definition) is 4. The van der Waals surface area contributed by atoms with E-state index in [4.69, 9.17) is 5.11 Å². The summed E-state index contributed by atoms with van der Waals surface area (Å²) in [6.45, 7) is 0. The van der Waals surface area contributed by atoms with Crippen LogP contribution >= 0.6 is 0 Å². The number of rotatable bonds is 5. The normalized spacial score (nSPS) is 12.3. The molecule has 88 valence electrons. The number of carboxylic acids is 1. The van der Waals surface area contributed by atoms with Crippen molar-refractivity contribution < 1.29 is 25.2 Å². The Hall–Kier alpha value is -1.75. The third kappa shape index (κ3) is 4.18. The molecule has 4 N–H and O–H groups in total. The number of benzene rings is 1. The van der Waals surface area contributed by atoms with Gasteiger partial charge in [0.15, 0.2) is 0 Å². The zero-order valence-electron chi connectivity index (χ0n) is 8.63. The first-order valence-corrected chi connectivity index (χ1v) is 4.89. The third-order valence-electron chi connectivity index (χ3n) is 2.13. The van der Waals surface area contributed by atoms with Gasteiger partial charge in [-0.05, 0) is 30.5 Å². The van der Waals surface area contributed by atoms with Crippen molar-refractivity contribution in [2.45, 2.75) is 25.4 Å². The first kappa shape index (κ1) is 12.3. The summed E-state index contributed by atoms with van der Waals surface area (Å²) in [5.41, 5.74) is 0.565. The van der Waals surface area contributed by atoms with Gasteiger partial charge in [0, 0.05) is 12.5 Å². The Labute approximate surface area is 92.6 Å². The van der Waals surface area contributed by atoms with E-state index in [0.29, 0.717) is 5.56 Å². The number of hydrogen-bond acceptors (Lipinski definition) is 4. The van der Waals surface area contributed by atoms with Gasteiger partial charge in [-0.2, -0.15) is 0 Å². The Balaban J connectivity index is 2.55. The third-order valence-corrected chi connectivity index (χ3v) is 2.13. The molecule has 1 unspecified atom stereocenters. The quantitative estimate of drug-likeness (QED) is 0.597. The fraction of sp³-hybridized carbons (Fsp3) is 0.364. The highest BCUT2D eigenvalue weighted by Gasteiger charge is 2.09. The summed E-state index contributed by atoms with van der Waals surface area (Å²) in [4.78, 5) is 10.3. The lowest BCUT2D eigenvalue weighted by Gasteiger charge is -2.09. The molecule has 0 aromatic heterocycles. The number of phenols is 2. The molecule has 0 saturated carbocycles. The van der Waals surface area contributed by atoms with Gasteiger partial charge in [-0.15, -0.1) is 0 Å². The van der Waals surface area contributed by atoms with Crippen molar-refractivity contribution in [3.05, 3.63) is 23.8 Å². The number of aliphatic hydroxyl groups is 1. The van der Waals surface area contributed by atoms with Crippen LogP contribution in [0.15, 0.2) is 18.2 Å². The first-order valence-electron chi connectivity index (χ1n) is 4.89. The van der Waals surface area contributed by atoms with Gasteiger partial charge in [0.05, 0.1) is 6.10 Å². The van der Waals surface area contributed by atoms with Gasteiger partial charge < -0.3 is 20.4 Å². The van der Waals surface area contributed by atoms with Crippen LogP contribution in [-0.2, 0) is 11.2 Å². The second kappa shape index (κ2) is 5.37. The molecule has 0 aliphatic rings. The molecule has 0 spiro atoms. The minimum absolute atomic E-state index is 0.0829. The lowest BCUT2D eigenvalue weighted by molar-refractivity contribution is -0.137. The molecule has 0 radical (unpaired) electrons. The maximum Gasteiger partial charge on any atom is 0.303 e. The maximum atomic E-state index is 10.3. The molecule has 0 aliphatic heterocycles. The minimum Gasteiger partial charge on any atom is -0.508 e. The number of aromatic hydroxyl groups is 2. The molecule has 1 rings (SSSR count). The van der Waals surface area contributed by atoms with Gasteiger partial charge in [0.25, 0.3) is 0 Å². The summed E-state index contributed by atoms with van der Waals surface area (Å²) in [7, 11) is 0. The van der Waals surface area contributed by atoms with Crippen LogP contribution in [0.2, 0.25) is 0 Å². The number of phenolic OH excluding ortho intramolecular Hbond substituents is 2. The Bertz CT molecular complexity index is 354. The van der Waals surface area contributed by atoms with Gasteiger partial charge >= 0.3 is 5.97 Å². The van der Waals surface area contributed by atoms with Crippen molar-refractivity contribution in [2.24, 2.45) is 0 Å². The average Bonchev–Trinajstić information content (AvgIpc) is 2.12. The second-order valence-corrected chi connectivity index (χ2v) is 3.65. The van der Waals surface area contributed by atoms with Gasteiger partial charge in [-0.1, -0.05) is 0 Å². The molecule has 1 aromatic carbocycles. The zero-order valence-corrected chi connectivity index (χ0v) is 8.63. The van der Waals surface area contributed by atoms with E-state index in [-0.39, 0.29) is 30.8 Å². The van der Waals surface area contributed by atoms with Gasteiger partial charge in [-0.3, -0.25) is 4.79 Å². The molecule has 0 fully saturated rings. The maximum absolute atomic E-state index is 10.3. The Morgan fingerprint density at radius 3 is 2.25 bits per heavy atom. The summed E-state index contributed by atoms with van der Waals surface area (Å²) in [6, 6.07) is 4.03. The molecule has 16 heavy (non-hydrogen) atoms. The van der Waals surface area contributed by atoms with Crippen molar-refractivity contribution in [3.8, 4) is 11.5 Å². The number of aliphatic carboxylic acids is 1. The smallest absolute Gasteiger partial charge is 0.303 e. The van der Waals surface area contributed by atoms with Gasteiger partial charge in [-0.25, -0.2) is 0 Å². The summed E-state index contributed by atoms with van der Waals surface area (Å²) in [6.07, 6.45) is -0.551. The molecule has 0 aliphatic carbocycles. The summed E-state index contributed by atoms with van der Waals surface area (Å²) >= 11 is 0. The Morgan fingerprint density at radius 1 is 1.19 bits per heavy atom. The molecule has 1 atom stereocenters. The molecule has 0 amide bonds. The van der Waals surface area contributed by atoms with Crippen molar-refractivity contribution in [3.63, 3.8) is 0 Å². The summed E-state index contributed by atoms with van der Waals surface area (Å²) in [5, 5.41) is 36.3. The molecular formula is C11H14O5. The second-order valence-electron chi connectivity index (χ2n) is 3.65. The monoisotopic (exact) mass is 226 g/mol. The van der Waals surface area contributed by atoms with E-state index in [2.05, 4.69) is 0 Å². The van der Waals surface area contributed by atoms with Crippen LogP contribution in [0.4, 0.5) is 0 Å². The highest BCUT2D eigenvalue weighted by molar-refractivity contribution is 5.66. The van der Waals surface area contributed by atoms with Crippen LogP contribution in [0.25, 0.3) is 0 Å². The highest BCUT2D eigenvalue weighted by Crippen LogP contribution is 2.21. The molecule has 0 saturated heterocycles. The first-order chi connectivity index (χ1) is 7.47. The average molecular weight is 226 g/mol.